The Kier molecular flexibility index (Phi) is 8.44. The van der Waals surface area contributed by atoms with Gasteiger partial charge in [0.1, 0.15) is 6.61 Å². The first kappa shape index (κ1) is 25.9. The molecule has 1 N–H and O–H groups in total. The van der Waals surface area contributed by atoms with Crippen LogP contribution in [0, 0.1) is 19.8 Å². The number of likely N-dealkylation sites (tertiary alicyclic amines) is 1. The second-order valence-corrected chi connectivity index (χ2v) is 10.2. The van der Waals surface area contributed by atoms with Crippen LogP contribution in [0.2, 0.25) is 5.02 Å². The van der Waals surface area contributed by atoms with Gasteiger partial charge in [-0.15, -0.1) is 0 Å². The monoisotopic (exact) mass is 504 g/mol. The Bertz CT molecular complexity index is 1230. The Morgan fingerprint density at radius 3 is 2.44 bits per heavy atom. The van der Waals surface area contributed by atoms with Gasteiger partial charge in [-0.3, -0.25) is 9.69 Å². The molecule has 188 valence electrons. The third-order valence-electron chi connectivity index (χ3n) is 6.94. The van der Waals surface area contributed by atoms with Gasteiger partial charge in [-0.1, -0.05) is 71.4 Å². The second kappa shape index (κ2) is 11.7. The SMILES string of the molecule is CC(=NOCC(Cc1ccc(C)c(C)c1)c1cccc(Cl)c1)c1ccc(CN2CC(C(=O)O)C2)cc1. The number of benzene rings is 3. The number of carbonyl (C=O) groups is 1. The zero-order valence-corrected chi connectivity index (χ0v) is 21.8. The minimum absolute atomic E-state index is 0.121. The summed E-state index contributed by atoms with van der Waals surface area (Å²) in [6, 6.07) is 22.7. The van der Waals surface area contributed by atoms with Crippen LogP contribution >= 0.6 is 11.6 Å². The van der Waals surface area contributed by atoms with Crippen molar-refractivity contribution in [3.05, 3.63) is 105 Å². The molecule has 0 radical (unpaired) electrons. The fourth-order valence-electron chi connectivity index (χ4n) is 4.49. The zero-order chi connectivity index (χ0) is 25.7. The number of carboxylic acid groups (broad SMARTS) is 1. The number of rotatable bonds is 10. The lowest BCUT2D eigenvalue weighted by Crippen LogP contribution is -2.49. The van der Waals surface area contributed by atoms with Crippen LogP contribution in [0.3, 0.4) is 0 Å². The molecular formula is C30H33ClN2O3. The summed E-state index contributed by atoms with van der Waals surface area (Å²) in [7, 11) is 0. The summed E-state index contributed by atoms with van der Waals surface area (Å²) in [6.45, 7) is 8.64. The van der Waals surface area contributed by atoms with E-state index in [4.69, 9.17) is 21.5 Å². The predicted octanol–water partition coefficient (Wildman–Crippen LogP) is 6.24. The van der Waals surface area contributed by atoms with Crippen molar-refractivity contribution in [1.29, 1.82) is 0 Å². The minimum atomic E-state index is -0.708. The summed E-state index contributed by atoms with van der Waals surface area (Å²) in [5.74, 6) is -0.822. The van der Waals surface area contributed by atoms with E-state index in [-0.39, 0.29) is 11.8 Å². The standard InChI is InChI=1S/C30H33ClN2O3/c1-20-7-8-24(13-21(20)2)14-27(26-5-4-6-29(31)15-26)19-36-32-22(3)25-11-9-23(10-12-25)16-33-17-28(18-33)30(34)35/h4-13,15,27-28H,14,16-19H2,1-3H3,(H,34,35). The number of nitrogens with zero attached hydrogens (tertiary/aromatic N) is 2. The highest BCUT2D eigenvalue weighted by atomic mass is 35.5. The highest BCUT2D eigenvalue weighted by Crippen LogP contribution is 2.25. The molecule has 0 amide bonds. The molecule has 3 aromatic rings. The molecule has 1 fully saturated rings. The Morgan fingerprint density at radius 2 is 1.78 bits per heavy atom. The van der Waals surface area contributed by atoms with E-state index in [9.17, 15) is 4.79 Å². The van der Waals surface area contributed by atoms with Gasteiger partial charge in [-0.05, 0) is 72.7 Å². The van der Waals surface area contributed by atoms with E-state index in [1.165, 1.54) is 16.7 Å². The van der Waals surface area contributed by atoms with Crippen LogP contribution < -0.4 is 0 Å². The summed E-state index contributed by atoms with van der Waals surface area (Å²) in [5, 5.41) is 14.2. The predicted molar refractivity (Wildman–Crippen MR) is 145 cm³/mol. The van der Waals surface area contributed by atoms with Gasteiger partial charge in [-0.2, -0.15) is 0 Å². The van der Waals surface area contributed by atoms with Gasteiger partial charge >= 0.3 is 5.97 Å². The summed E-state index contributed by atoms with van der Waals surface area (Å²) >= 11 is 6.28. The van der Waals surface area contributed by atoms with Crippen LogP contribution in [-0.4, -0.2) is 41.4 Å². The van der Waals surface area contributed by atoms with Gasteiger partial charge in [0.2, 0.25) is 0 Å². The molecule has 0 aromatic heterocycles. The average molecular weight is 505 g/mol. The highest BCUT2D eigenvalue weighted by molar-refractivity contribution is 6.30. The van der Waals surface area contributed by atoms with Crippen molar-refractivity contribution in [3.8, 4) is 0 Å². The second-order valence-electron chi connectivity index (χ2n) is 9.77. The van der Waals surface area contributed by atoms with Crippen molar-refractivity contribution in [2.24, 2.45) is 11.1 Å². The zero-order valence-electron chi connectivity index (χ0n) is 21.1. The van der Waals surface area contributed by atoms with Crippen LogP contribution in [0.15, 0.2) is 71.9 Å². The molecule has 1 atom stereocenters. The maximum atomic E-state index is 11.0. The normalized spacial score (nSPS) is 15.4. The summed E-state index contributed by atoms with van der Waals surface area (Å²) in [4.78, 5) is 19.0. The van der Waals surface area contributed by atoms with Crippen molar-refractivity contribution >= 4 is 23.3 Å². The molecule has 1 aliphatic rings. The lowest BCUT2D eigenvalue weighted by molar-refractivity contribution is -0.147. The summed E-state index contributed by atoms with van der Waals surface area (Å²) in [6.07, 6.45) is 0.837. The molecule has 1 aliphatic heterocycles. The van der Waals surface area contributed by atoms with E-state index < -0.39 is 5.97 Å². The van der Waals surface area contributed by atoms with Gasteiger partial charge in [0.05, 0.1) is 11.6 Å². The Labute approximate surface area is 218 Å². The fraction of sp³-hybridized carbons (Fsp3) is 0.333. The van der Waals surface area contributed by atoms with Crippen molar-refractivity contribution in [2.75, 3.05) is 19.7 Å². The third-order valence-corrected chi connectivity index (χ3v) is 7.17. The number of hydrogen-bond donors (Lipinski definition) is 1. The van der Waals surface area contributed by atoms with Crippen LogP contribution in [-0.2, 0) is 22.6 Å². The maximum Gasteiger partial charge on any atom is 0.309 e. The fourth-order valence-corrected chi connectivity index (χ4v) is 4.69. The Morgan fingerprint density at radius 1 is 1.06 bits per heavy atom. The minimum Gasteiger partial charge on any atom is -0.481 e. The lowest BCUT2D eigenvalue weighted by Gasteiger charge is -2.36. The average Bonchev–Trinajstić information content (AvgIpc) is 2.82. The number of oxime groups is 1. The molecule has 1 saturated heterocycles. The van der Waals surface area contributed by atoms with E-state index in [2.05, 4.69) is 60.3 Å². The van der Waals surface area contributed by atoms with Gasteiger partial charge < -0.3 is 9.94 Å². The number of hydrogen-bond acceptors (Lipinski definition) is 4. The number of carboxylic acids is 1. The number of aryl methyl sites for hydroxylation is 2. The Balaban J connectivity index is 1.38. The molecule has 0 saturated carbocycles. The molecule has 0 spiro atoms. The van der Waals surface area contributed by atoms with E-state index in [0.29, 0.717) is 24.7 Å². The van der Waals surface area contributed by atoms with Gasteiger partial charge in [0.15, 0.2) is 0 Å². The molecule has 1 heterocycles. The van der Waals surface area contributed by atoms with Crippen molar-refractivity contribution < 1.29 is 14.7 Å². The molecule has 3 aromatic carbocycles. The third kappa shape index (κ3) is 6.74. The molecule has 1 unspecified atom stereocenters. The molecule has 36 heavy (non-hydrogen) atoms. The van der Waals surface area contributed by atoms with Crippen molar-refractivity contribution in [2.45, 2.75) is 39.7 Å². The summed E-state index contributed by atoms with van der Waals surface area (Å²) in [5.41, 5.74) is 7.94. The highest BCUT2D eigenvalue weighted by Gasteiger charge is 2.32. The summed E-state index contributed by atoms with van der Waals surface area (Å²) < 4.78 is 0. The Hall–Kier alpha value is -3.15. The first-order valence-electron chi connectivity index (χ1n) is 12.3. The molecule has 5 nitrogen and oxygen atoms in total. The first-order chi connectivity index (χ1) is 17.3. The van der Waals surface area contributed by atoms with Crippen LogP contribution in [0.1, 0.15) is 46.2 Å². The van der Waals surface area contributed by atoms with E-state index in [0.717, 1.165) is 35.4 Å². The van der Waals surface area contributed by atoms with Crippen molar-refractivity contribution in [1.82, 2.24) is 4.90 Å². The molecule has 0 bridgehead atoms. The van der Waals surface area contributed by atoms with Crippen molar-refractivity contribution in [3.63, 3.8) is 0 Å². The van der Waals surface area contributed by atoms with E-state index in [1.807, 2.05) is 37.3 Å². The topological polar surface area (TPSA) is 62.1 Å². The molecule has 6 heteroatoms. The number of halogens is 1. The van der Waals surface area contributed by atoms with E-state index in [1.54, 1.807) is 0 Å². The molecular weight excluding hydrogens is 472 g/mol. The van der Waals surface area contributed by atoms with E-state index >= 15 is 0 Å². The molecule has 4 rings (SSSR count). The van der Waals surface area contributed by atoms with Gasteiger partial charge in [0, 0.05) is 30.6 Å². The number of aliphatic carboxylic acids is 1. The molecule has 0 aliphatic carbocycles. The smallest absolute Gasteiger partial charge is 0.309 e. The largest absolute Gasteiger partial charge is 0.481 e. The first-order valence-corrected chi connectivity index (χ1v) is 12.7. The van der Waals surface area contributed by atoms with Crippen LogP contribution in [0.4, 0.5) is 0 Å². The van der Waals surface area contributed by atoms with Crippen LogP contribution in [0.25, 0.3) is 0 Å². The van der Waals surface area contributed by atoms with Gasteiger partial charge in [0.25, 0.3) is 0 Å². The van der Waals surface area contributed by atoms with Gasteiger partial charge in [-0.25, -0.2) is 0 Å². The van der Waals surface area contributed by atoms with Crippen LogP contribution in [0.5, 0.6) is 0 Å². The quantitative estimate of drug-likeness (QED) is 0.262. The maximum absolute atomic E-state index is 11.0. The lowest BCUT2D eigenvalue weighted by atomic mass is 9.91.